The van der Waals surface area contributed by atoms with Crippen LogP contribution in [0, 0.1) is 0 Å². The zero-order chi connectivity index (χ0) is 31.2. The van der Waals surface area contributed by atoms with Gasteiger partial charge in [-0.25, -0.2) is 14.6 Å². The molecule has 1 aromatic heterocycles. The lowest BCUT2D eigenvalue weighted by Crippen LogP contribution is -2.39. The van der Waals surface area contributed by atoms with Crippen LogP contribution in [0.4, 0.5) is 0 Å². The molecule has 1 aliphatic heterocycles. The van der Waals surface area contributed by atoms with Crippen molar-refractivity contribution < 1.29 is 28.5 Å². The van der Waals surface area contributed by atoms with Gasteiger partial charge in [0.15, 0.2) is 22.9 Å². The second-order valence-electron chi connectivity index (χ2n) is 9.47. The number of carbonyl (C=O) groups excluding carboxylic acids is 2. The van der Waals surface area contributed by atoms with E-state index in [4.69, 9.17) is 23.9 Å². The van der Waals surface area contributed by atoms with Crippen LogP contribution < -0.4 is 24.4 Å². The molecule has 1 aliphatic rings. The number of hydrogen-bond acceptors (Lipinski definition) is 9. The summed E-state index contributed by atoms with van der Waals surface area (Å²) >= 11 is 4.71. The Morgan fingerprint density at radius 3 is 2.34 bits per heavy atom. The number of aromatic nitrogens is 1. The minimum atomic E-state index is -0.760. The van der Waals surface area contributed by atoms with Gasteiger partial charge in [0.25, 0.3) is 5.56 Å². The molecule has 3 aromatic carbocycles. The van der Waals surface area contributed by atoms with Gasteiger partial charge >= 0.3 is 11.9 Å². The lowest BCUT2D eigenvalue weighted by atomic mass is 9.93. The van der Waals surface area contributed by atoms with E-state index in [1.54, 1.807) is 36.6 Å². The Balaban J connectivity index is 1.68. The number of benzene rings is 3. The lowest BCUT2D eigenvalue weighted by Gasteiger charge is -2.25. The number of thiazole rings is 1. The lowest BCUT2D eigenvalue weighted by molar-refractivity contribution is -0.145. The van der Waals surface area contributed by atoms with Crippen molar-refractivity contribution in [2.24, 2.45) is 4.99 Å². The van der Waals surface area contributed by atoms with Crippen molar-refractivity contribution in [1.82, 2.24) is 4.57 Å². The molecule has 0 unspecified atom stereocenters. The first kappa shape index (κ1) is 31.0. The van der Waals surface area contributed by atoms with Crippen LogP contribution in [0.2, 0.25) is 0 Å². The van der Waals surface area contributed by atoms with Crippen LogP contribution in [-0.4, -0.2) is 43.4 Å². The second kappa shape index (κ2) is 13.9. The first-order valence-electron chi connectivity index (χ1n) is 13.9. The highest BCUT2D eigenvalue weighted by Gasteiger charge is 2.35. The standard InChI is InChI=1S/C33H29BrN2O7S/c1-4-41-26(37)19-43-30-23(34)16-20(17-24(30)40-3)18-25-31(38)36-29(22-14-10-7-11-15-22)27(32(39)42-5-2)28(35-33(36)44-25)21-12-8-6-9-13-21/h6-18,29H,4-5,19H2,1-3H3/b25-18-/t29-/m0/s1. The van der Waals surface area contributed by atoms with Crippen LogP contribution in [0.15, 0.2) is 92.6 Å². The van der Waals surface area contributed by atoms with Crippen molar-refractivity contribution in [2.75, 3.05) is 26.9 Å². The van der Waals surface area contributed by atoms with Gasteiger partial charge in [0, 0.05) is 5.56 Å². The topological polar surface area (TPSA) is 105 Å². The number of rotatable bonds is 10. The molecular weight excluding hydrogens is 648 g/mol. The highest BCUT2D eigenvalue weighted by atomic mass is 79.9. The van der Waals surface area contributed by atoms with Crippen LogP contribution >= 0.6 is 27.3 Å². The number of methoxy groups -OCH3 is 1. The average molecular weight is 678 g/mol. The third-order valence-electron chi connectivity index (χ3n) is 6.68. The van der Waals surface area contributed by atoms with Gasteiger partial charge in [-0.3, -0.25) is 9.36 Å². The number of esters is 2. The first-order chi connectivity index (χ1) is 21.4. The molecule has 9 nitrogen and oxygen atoms in total. The molecule has 5 rings (SSSR count). The maximum Gasteiger partial charge on any atom is 0.344 e. The van der Waals surface area contributed by atoms with Crippen molar-refractivity contribution >= 4 is 51.0 Å². The summed E-state index contributed by atoms with van der Waals surface area (Å²) in [7, 11) is 1.48. The first-order valence-corrected chi connectivity index (χ1v) is 15.5. The zero-order valence-corrected chi connectivity index (χ0v) is 26.6. The van der Waals surface area contributed by atoms with Crippen LogP contribution in [-0.2, 0) is 19.1 Å². The summed E-state index contributed by atoms with van der Waals surface area (Å²) in [5.41, 5.74) is 2.56. The largest absolute Gasteiger partial charge is 0.493 e. The average Bonchev–Trinajstić information content (AvgIpc) is 3.34. The van der Waals surface area contributed by atoms with Gasteiger partial charge in [-0.2, -0.15) is 0 Å². The molecule has 0 aliphatic carbocycles. The predicted octanol–water partition coefficient (Wildman–Crippen LogP) is 4.65. The van der Waals surface area contributed by atoms with Crippen molar-refractivity contribution in [3.8, 4) is 11.5 Å². The fourth-order valence-electron chi connectivity index (χ4n) is 4.84. The Bertz CT molecular complexity index is 1900. The number of carbonyl (C=O) groups is 2. The van der Waals surface area contributed by atoms with Crippen molar-refractivity contribution in [3.05, 3.63) is 119 Å². The third kappa shape index (κ3) is 6.39. The van der Waals surface area contributed by atoms with Gasteiger partial charge < -0.3 is 18.9 Å². The molecule has 226 valence electrons. The molecule has 2 heterocycles. The molecule has 4 aromatic rings. The molecule has 0 radical (unpaired) electrons. The van der Waals surface area contributed by atoms with Gasteiger partial charge in [0.2, 0.25) is 0 Å². The third-order valence-corrected chi connectivity index (χ3v) is 8.25. The molecule has 0 bridgehead atoms. The smallest absolute Gasteiger partial charge is 0.344 e. The minimum Gasteiger partial charge on any atom is -0.493 e. The maximum absolute atomic E-state index is 14.1. The Morgan fingerprint density at radius 1 is 1.00 bits per heavy atom. The highest BCUT2D eigenvalue weighted by molar-refractivity contribution is 9.10. The number of hydrogen-bond donors (Lipinski definition) is 0. The minimum absolute atomic E-state index is 0.173. The Labute approximate surface area is 265 Å². The Hall–Kier alpha value is -4.48. The summed E-state index contributed by atoms with van der Waals surface area (Å²) in [6.07, 6.45) is 1.73. The van der Waals surface area contributed by atoms with Crippen molar-refractivity contribution in [2.45, 2.75) is 19.9 Å². The maximum atomic E-state index is 14.1. The van der Waals surface area contributed by atoms with E-state index in [2.05, 4.69) is 15.9 Å². The van der Waals surface area contributed by atoms with Crippen molar-refractivity contribution in [3.63, 3.8) is 0 Å². The summed E-state index contributed by atoms with van der Waals surface area (Å²) in [4.78, 5) is 44.8. The van der Waals surface area contributed by atoms with Crippen LogP contribution in [0.25, 0.3) is 11.8 Å². The van der Waals surface area contributed by atoms with E-state index >= 15 is 0 Å². The summed E-state index contributed by atoms with van der Waals surface area (Å²) in [5.74, 6) is -0.349. The van der Waals surface area contributed by atoms with Crippen LogP contribution in [0.3, 0.4) is 0 Å². The van der Waals surface area contributed by atoms with E-state index in [1.165, 1.54) is 18.4 Å². The SMILES string of the molecule is CCOC(=O)COc1c(Br)cc(/C=c2\sc3n(c2=O)[C@@H](c2ccccc2)C(C(=O)OCC)=C(c2ccccc2)N=3)cc1OC. The zero-order valence-electron chi connectivity index (χ0n) is 24.2. The molecule has 0 amide bonds. The molecule has 0 saturated carbocycles. The highest BCUT2D eigenvalue weighted by Crippen LogP contribution is 2.37. The van der Waals surface area contributed by atoms with Gasteiger partial charge in [-0.05, 0) is 59.1 Å². The van der Waals surface area contributed by atoms with E-state index in [-0.39, 0.29) is 31.0 Å². The fourth-order valence-corrected chi connectivity index (χ4v) is 6.41. The number of ether oxygens (including phenoxy) is 4. The van der Waals surface area contributed by atoms with E-state index in [9.17, 15) is 14.4 Å². The molecule has 1 atom stereocenters. The molecule has 0 fully saturated rings. The van der Waals surface area contributed by atoms with Crippen LogP contribution in [0.5, 0.6) is 11.5 Å². The Kier molecular flexibility index (Phi) is 9.76. The van der Waals surface area contributed by atoms with E-state index < -0.39 is 18.0 Å². The monoisotopic (exact) mass is 676 g/mol. The number of fused-ring (bicyclic) bond motifs is 1. The number of halogens is 1. The van der Waals surface area contributed by atoms with Crippen LogP contribution in [0.1, 0.15) is 36.6 Å². The summed E-state index contributed by atoms with van der Waals surface area (Å²) in [6.45, 7) is 3.59. The van der Waals surface area contributed by atoms with Gasteiger partial charge in [-0.15, -0.1) is 0 Å². The van der Waals surface area contributed by atoms with Gasteiger partial charge in [-0.1, -0.05) is 72.0 Å². The molecule has 0 saturated heterocycles. The molecule has 0 N–H and O–H groups in total. The summed E-state index contributed by atoms with van der Waals surface area (Å²) in [6, 6.07) is 21.5. The summed E-state index contributed by atoms with van der Waals surface area (Å²) < 4.78 is 24.1. The molecular formula is C33H29BrN2O7S. The summed E-state index contributed by atoms with van der Waals surface area (Å²) in [5, 5.41) is 0. The number of nitrogens with zero attached hydrogens (tertiary/aromatic N) is 2. The quantitative estimate of drug-likeness (QED) is 0.225. The van der Waals surface area contributed by atoms with Gasteiger partial charge in [0.05, 0.1) is 46.6 Å². The second-order valence-corrected chi connectivity index (χ2v) is 11.3. The van der Waals surface area contributed by atoms with E-state index in [1.807, 2.05) is 60.7 Å². The van der Waals surface area contributed by atoms with E-state index in [0.29, 0.717) is 36.6 Å². The van der Waals surface area contributed by atoms with E-state index in [0.717, 1.165) is 11.1 Å². The van der Waals surface area contributed by atoms with Crippen molar-refractivity contribution in [1.29, 1.82) is 0 Å². The molecule has 11 heteroatoms. The molecule has 44 heavy (non-hydrogen) atoms. The normalized spacial score (nSPS) is 14.5. The fraction of sp³-hybridized carbons (Fsp3) is 0.212. The van der Waals surface area contributed by atoms with Gasteiger partial charge in [0.1, 0.15) is 0 Å². The predicted molar refractivity (Wildman–Crippen MR) is 170 cm³/mol. The Morgan fingerprint density at radius 2 is 1.68 bits per heavy atom. The molecule has 0 spiro atoms.